The molecule has 3 rings (SSSR count). The Labute approximate surface area is 143 Å². The number of carbonyl (C=O) groups excluding carboxylic acids is 1. The maximum absolute atomic E-state index is 12.5. The summed E-state index contributed by atoms with van der Waals surface area (Å²) in [5.74, 6) is 1.98. The molecule has 132 valence electrons. The van der Waals surface area contributed by atoms with Gasteiger partial charge in [0, 0.05) is 5.56 Å². The van der Waals surface area contributed by atoms with Crippen molar-refractivity contribution in [2.75, 3.05) is 13.2 Å². The quantitative estimate of drug-likeness (QED) is 0.729. The van der Waals surface area contributed by atoms with E-state index in [1.807, 2.05) is 6.07 Å². The van der Waals surface area contributed by atoms with Crippen LogP contribution in [0.15, 0.2) is 12.1 Å². The van der Waals surface area contributed by atoms with E-state index in [1.54, 1.807) is 6.07 Å². The van der Waals surface area contributed by atoms with E-state index in [9.17, 15) is 9.90 Å². The first-order chi connectivity index (χ1) is 11.6. The molecule has 24 heavy (non-hydrogen) atoms. The van der Waals surface area contributed by atoms with Crippen LogP contribution in [0.25, 0.3) is 0 Å². The number of nitrogens with one attached hydrogen (secondary N) is 1. The summed E-state index contributed by atoms with van der Waals surface area (Å²) in [7, 11) is 0. The lowest BCUT2D eigenvalue weighted by Gasteiger charge is -2.18. The minimum atomic E-state index is -0.242. The van der Waals surface area contributed by atoms with E-state index in [-0.39, 0.29) is 18.6 Å². The van der Waals surface area contributed by atoms with E-state index < -0.39 is 0 Å². The highest BCUT2D eigenvalue weighted by atomic mass is 16.5. The third kappa shape index (κ3) is 4.69. The molecular weight excluding hydrogens is 304 g/mol. The Hall–Kier alpha value is -1.62. The maximum Gasteiger partial charge on any atom is 0.270 e. The van der Waals surface area contributed by atoms with Gasteiger partial charge in [0.1, 0.15) is 5.69 Å². The van der Waals surface area contributed by atoms with Gasteiger partial charge < -0.3 is 15.2 Å². The molecule has 2 saturated carbocycles. The van der Waals surface area contributed by atoms with Crippen molar-refractivity contribution in [1.29, 1.82) is 0 Å². The molecule has 1 aromatic rings. The fourth-order valence-electron chi connectivity index (χ4n) is 2.89. The van der Waals surface area contributed by atoms with Crippen LogP contribution in [0.2, 0.25) is 0 Å². The number of rotatable bonds is 9. The van der Waals surface area contributed by atoms with E-state index in [4.69, 9.17) is 4.74 Å². The number of aliphatic hydroxyl groups excluding tert-OH is 1. The Balaban J connectivity index is 1.69. The van der Waals surface area contributed by atoms with Gasteiger partial charge in [-0.1, -0.05) is 19.9 Å². The molecule has 1 heterocycles. The molecule has 0 saturated heterocycles. The molecule has 5 nitrogen and oxygen atoms in total. The van der Waals surface area contributed by atoms with Gasteiger partial charge in [-0.3, -0.25) is 4.79 Å². The first-order valence-corrected chi connectivity index (χ1v) is 9.12. The lowest BCUT2D eigenvalue weighted by Crippen LogP contribution is -2.38. The van der Waals surface area contributed by atoms with E-state index in [1.165, 1.54) is 25.7 Å². The van der Waals surface area contributed by atoms with Crippen LogP contribution in [-0.2, 0) is 0 Å². The number of carbonyl (C=O) groups is 1. The summed E-state index contributed by atoms with van der Waals surface area (Å²) < 4.78 is 5.91. The molecule has 2 fully saturated rings. The first kappa shape index (κ1) is 17.2. The van der Waals surface area contributed by atoms with Crippen molar-refractivity contribution in [3.05, 3.63) is 23.4 Å². The largest absolute Gasteiger partial charge is 0.477 e. The van der Waals surface area contributed by atoms with Crippen LogP contribution in [-0.4, -0.2) is 35.3 Å². The number of amides is 1. The van der Waals surface area contributed by atoms with Gasteiger partial charge in [0.2, 0.25) is 5.88 Å². The van der Waals surface area contributed by atoms with Crippen LogP contribution >= 0.6 is 0 Å². The fraction of sp³-hybridized carbons (Fsp3) is 0.684. The third-order valence-corrected chi connectivity index (χ3v) is 4.60. The average molecular weight is 332 g/mol. The predicted octanol–water partition coefficient (Wildman–Crippen LogP) is 2.88. The van der Waals surface area contributed by atoms with Crippen molar-refractivity contribution >= 4 is 5.91 Å². The zero-order valence-electron chi connectivity index (χ0n) is 14.6. The number of pyridine rings is 1. The number of hydrogen-bond donors (Lipinski definition) is 2. The average Bonchev–Trinajstić information content (AvgIpc) is 3.45. The van der Waals surface area contributed by atoms with Crippen LogP contribution in [0.4, 0.5) is 0 Å². The molecule has 5 heteroatoms. The Morgan fingerprint density at radius 2 is 2.08 bits per heavy atom. The second kappa shape index (κ2) is 7.51. The number of nitrogens with zero attached hydrogens (tertiary/aromatic N) is 1. The molecule has 1 aromatic heterocycles. The topological polar surface area (TPSA) is 71.5 Å². The molecule has 2 aliphatic carbocycles. The molecular formula is C19H28N2O3. The van der Waals surface area contributed by atoms with E-state index in [0.717, 1.165) is 12.0 Å². The molecule has 1 atom stereocenters. The predicted molar refractivity (Wildman–Crippen MR) is 92.2 cm³/mol. The normalized spacial score (nSPS) is 18.5. The van der Waals surface area contributed by atoms with Crippen molar-refractivity contribution in [2.24, 2.45) is 11.8 Å². The molecule has 0 spiro atoms. The fourth-order valence-corrected chi connectivity index (χ4v) is 2.89. The first-order valence-electron chi connectivity index (χ1n) is 9.12. The monoisotopic (exact) mass is 332 g/mol. The summed E-state index contributed by atoms with van der Waals surface area (Å²) in [4.78, 5) is 16.9. The Morgan fingerprint density at radius 1 is 1.33 bits per heavy atom. The van der Waals surface area contributed by atoms with Gasteiger partial charge in [0.05, 0.1) is 19.3 Å². The Kier molecular flexibility index (Phi) is 5.39. The molecule has 1 amide bonds. The highest BCUT2D eigenvalue weighted by Gasteiger charge is 2.30. The summed E-state index contributed by atoms with van der Waals surface area (Å²) in [6.07, 6.45) is 5.55. The van der Waals surface area contributed by atoms with Crippen LogP contribution in [0.1, 0.15) is 67.9 Å². The number of aromatic nitrogens is 1. The van der Waals surface area contributed by atoms with Gasteiger partial charge in [-0.05, 0) is 55.9 Å². The van der Waals surface area contributed by atoms with Crippen LogP contribution < -0.4 is 10.1 Å². The number of ether oxygens (including phenoxy) is 1. The molecule has 0 unspecified atom stereocenters. The van der Waals surface area contributed by atoms with Crippen molar-refractivity contribution in [3.8, 4) is 5.88 Å². The SMILES string of the molecule is CC(C)C[C@H](CO)NC(=O)c1ccc(C2CC2)c(OCC2CC2)n1. The summed E-state index contributed by atoms with van der Waals surface area (Å²) >= 11 is 0. The Morgan fingerprint density at radius 3 is 2.67 bits per heavy atom. The lowest BCUT2D eigenvalue weighted by atomic mass is 10.0. The maximum atomic E-state index is 12.5. The Bertz CT molecular complexity index is 580. The highest BCUT2D eigenvalue weighted by molar-refractivity contribution is 5.92. The van der Waals surface area contributed by atoms with Crippen molar-refractivity contribution in [3.63, 3.8) is 0 Å². The van der Waals surface area contributed by atoms with Crippen LogP contribution in [0.5, 0.6) is 5.88 Å². The van der Waals surface area contributed by atoms with E-state index in [0.29, 0.717) is 35.9 Å². The van der Waals surface area contributed by atoms with Gasteiger partial charge in [-0.25, -0.2) is 4.98 Å². The number of hydrogen-bond acceptors (Lipinski definition) is 4. The summed E-state index contributed by atoms with van der Waals surface area (Å²) in [5, 5.41) is 12.3. The van der Waals surface area contributed by atoms with Crippen LogP contribution in [0.3, 0.4) is 0 Å². The van der Waals surface area contributed by atoms with Gasteiger partial charge in [-0.15, -0.1) is 0 Å². The minimum Gasteiger partial charge on any atom is -0.477 e. The second-order valence-corrected chi connectivity index (χ2v) is 7.60. The van der Waals surface area contributed by atoms with Gasteiger partial charge in [-0.2, -0.15) is 0 Å². The third-order valence-electron chi connectivity index (χ3n) is 4.60. The summed E-state index contributed by atoms with van der Waals surface area (Å²) in [6, 6.07) is 3.52. The molecule has 0 aromatic carbocycles. The van der Waals surface area contributed by atoms with E-state index >= 15 is 0 Å². The van der Waals surface area contributed by atoms with Crippen molar-refractivity contribution in [2.45, 2.75) is 57.9 Å². The molecule has 2 N–H and O–H groups in total. The zero-order chi connectivity index (χ0) is 17.1. The number of aliphatic hydroxyl groups is 1. The van der Waals surface area contributed by atoms with E-state index in [2.05, 4.69) is 24.1 Å². The van der Waals surface area contributed by atoms with Gasteiger partial charge in [0.15, 0.2) is 0 Å². The van der Waals surface area contributed by atoms with Gasteiger partial charge in [0.25, 0.3) is 5.91 Å². The molecule has 2 aliphatic rings. The minimum absolute atomic E-state index is 0.0604. The lowest BCUT2D eigenvalue weighted by molar-refractivity contribution is 0.0902. The van der Waals surface area contributed by atoms with Crippen LogP contribution in [0, 0.1) is 11.8 Å². The highest BCUT2D eigenvalue weighted by Crippen LogP contribution is 2.44. The molecule has 0 bridgehead atoms. The van der Waals surface area contributed by atoms with Crippen molar-refractivity contribution < 1.29 is 14.6 Å². The smallest absolute Gasteiger partial charge is 0.270 e. The molecule has 0 radical (unpaired) electrons. The second-order valence-electron chi connectivity index (χ2n) is 7.60. The summed E-state index contributed by atoms with van der Waals surface area (Å²) in [6.45, 7) is 4.78. The summed E-state index contributed by atoms with van der Waals surface area (Å²) in [5.41, 5.74) is 1.50. The molecule has 0 aliphatic heterocycles. The van der Waals surface area contributed by atoms with Crippen molar-refractivity contribution in [1.82, 2.24) is 10.3 Å². The zero-order valence-corrected chi connectivity index (χ0v) is 14.6. The van der Waals surface area contributed by atoms with Gasteiger partial charge >= 0.3 is 0 Å². The standard InChI is InChI=1S/C19H28N2O3/c1-12(2)9-15(10-22)20-18(23)17-8-7-16(14-5-6-14)19(21-17)24-11-13-3-4-13/h7-8,12-15,22H,3-6,9-11H2,1-2H3,(H,20,23)/t15-/m1/s1.